The van der Waals surface area contributed by atoms with E-state index in [1.165, 1.54) is 0 Å². The van der Waals surface area contributed by atoms with Crippen molar-refractivity contribution in [3.8, 4) is 12.3 Å². The Balaban J connectivity index is 3.49. The summed E-state index contributed by atoms with van der Waals surface area (Å²) in [7, 11) is -1.55. The Morgan fingerprint density at radius 2 is 2.30 bits per heavy atom. The second-order valence-corrected chi connectivity index (χ2v) is 6.51. The molecule has 0 aliphatic rings. The number of hydrogen-bond donors (Lipinski definition) is 0. The second-order valence-electron chi connectivity index (χ2n) is 2.61. The lowest BCUT2D eigenvalue weighted by molar-refractivity contribution is 0.325. The summed E-state index contributed by atoms with van der Waals surface area (Å²) in [4.78, 5) is 0. The van der Waals surface area contributed by atoms with Crippen LogP contribution in [-0.4, -0.2) is 14.9 Å². The van der Waals surface area contributed by atoms with Crippen LogP contribution in [0.2, 0.25) is 13.1 Å². The highest BCUT2D eigenvalue weighted by Gasteiger charge is 2.15. The van der Waals surface area contributed by atoms with Gasteiger partial charge in [0.15, 0.2) is 0 Å². The third kappa shape index (κ3) is 4.36. The molecule has 0 aliphatic heterocycles. The molecule has 10 heavy (non-hydrogen) atoms. The molecular formula is C8H14OSi. The molecule has 0 N–H and O–H groups in total. The highest BCUT2D eigenvalue weighted by atomic mass is 28.4. The Morgan fingerprint density at radius 1 is 1.70 bits per heavy atom. The van der Waals surface area contributed by atoms with Crippen molar-refractivity contribution in [1.82, 2.24) is 0 Å². The third-order valence-electron chi connectivity index (χ3n) is 1.21. The van der Waals surface area contributed by atoms with E-state index in [4.69, 9.17) is 10.8 Å². The molecule has 0 fully saturated rings. The highest BCUT2D eigenvalue weighted by molar-refractivity contribution is 6.76. The van der Waals surface area contributed by atoms with Crippen LogP contribution in [0.15, 0.2) is 12.3 Å². The lowest BCUT2D eigenvalue weighted by atomic mass is 10.5. The van der Waals surface area contributed by atoms with Gasteiger partial charge in [0.1, 0.15) is 0 Å². The third-order valence-corrected chi connectivity index (χ3v) is 3.14. The lowest BCUT2D eigenvalue weighted by Gasteiger charge is -2.16. The Kier molecular flexibility index (Phi) is 4.09. The van der Waals surface area contributed by atoms with E-state index in [0.29, 0.717) is 13.0 Å². The molecule has 2 heteroatoms. The molecular weight excluding hydrogens is 140 g/mol. The normalized spacial score (nSPS) is 10.5. The monoisotopic (exact) mass is 154 g/mol. The van der Waals surface area contributed by atoms with Crippen LogP contribution in [0.1, 0.15) is 6.42 Å². The summed E-state index contributed by atoms with van der Waals surface area (Å²) in [5, 5.41) is 0. The van der Waals surface area contributed by atoms with Gasteiger partial charge >= 0.3 is 0 Å². The van der Waals surface area contributed by atoms with Crippen LogP contribution in [-0.2, 0) is 4.43 Å². The molecule has 0 bridgehead atoms. The first kappa shape index (κ1) is 9.48. The molecule has 0 amide bonds. The Labute approximate surface area is 64.2 Å². The van der Waals surface area contributed by atoms with Gasteiger partial charge in [-0.05, 0) is 13.1 Å². The van der Waals surface area contributed by atoms with Crippen LogP contribution in [0.25, 0.3) is 0 Å². The van der Waals surface area contributed by atoms with E-state index >= 15 is 0 Å². The van der Waals surface area contributed by atoms with Gasteiger partial charge in [-0.3, -0.25) is 0 Å². The SMILES string of the molecule is C#CCCO[Si](C)(C)C=C. The molecule has 1 nitrogen and oxygen atoms in total. The zero-order valence-corrected chi connectivity index (χ0v) is 7.68. The fourth-order valence-electron chi connectivity index (χ4n) is 0.432. The van der Waals surface area contributed by atoms with Crippen molar-refractivity contribution in [1.29, 1.82) is 0 Å². The molecule has 0 unspecified atom stereocenters. The van der Waals surface area contributed by atoms with Crippen molar-refractivity contribution >= 4 is 8.32 Å². The maximum atomic E-state index is 5.50. The molecule has 56 valence electrons. The summed E-state index contributed by atoms with van der Waals surface area (Å²) < 4.78 is 5.50. The van der Waals surface area contributed by atoms with Crippen LogP contribution in [0.3, 0.4) is 0 Å². The molecule has 0 radical (unpaired) electrons. The predicted octanol–water partition coefficient (Wildman–Crippen LogP) is 1.96. The van der Waals surface area contributed by atoms with Crippen LogP contribution < -0.4 is 0 Å². The van der Waals surface area contributed by atoms with Crippen molar-refractivity contribution in [2.75, 3.05) is 6.61 Å². The summed E-state index contributed by atoms with van der Waals surface area (Å²) in [6, 6.07) is 0. The summed E-state index contributed by atoms with van der Waals surface area (Å²) in [6.45, 7) is 8.55. The maximum Gasteiger partial charge on any atom is 0.210 e. The van der Waals surface area contributed by atoms with Crippen molar-refractivity contribution in [2.24, 2.45) is 0 Å². The van der Waals surface area contributed by atoms with Crippen LogP contribution in [0.4, 0.5) is 0 Å². The van der Waals surface area contributed by atoms with Gasteiger partial charge in [0.25, 0.3) is 0 Å². The molecule has 0 aromatic carbocycles. The summed E-state index contributed by atoms with van der Waals surface area (Å²) in [5.74, 6) is 2.53. The van der Waals surface area contributed by atoms with E-state index < -0.39 is 8.32 Å². The Morgan fingerprint density at radius 3 is 2.70 bits per heavy atom. The zero-order chi connectivity index (χ0) is 8.04. The van der Waals surface area contributed by atoms with Gasteiger partial charge in [0.05, 0.1) is 0 Å². The Hall–Kier alpha value is -0.523. The lowest BCUT2D eigenvalue weighted by Crippen LogP contribution is -2.27. The maximum absolute atomic E-state index is 5.50. The molecule has 0 saturated carbocycles. The molecule has 0 atom stereocenters. The molecule has 0 aliphatic carbocycles. The summed E-state index contributed by atoms with van der Waals surface area (Å²) in [5.41, 5.74) is 1.91. The minimum atomic E-state index is -1.55. The smallest absolute Gasteiger partial charge is 0.210 e. The first-order valence-corrected chi connectivity index (χ1v) is 6.32. The number of rotatable bonds is 4. The zero-order valence-electron chi connectivity index (χ0n) is 6.68. The fourth-order valence-corrected chi connectivity index (χ4v) is 1.18. The van der Waals surface area contributed by atoms with Crippen LogP contribution in [0.5, 0.6) is 0 Å². The first-order chi connectivity index (χ1) is 4.62. The van der Waals surface area contributed by atoms with E-state index in [1.54, 1.807) is 0 Å². The van der Waals surface area contributed by atoms with E-state index in [1.807, 2.05) is 5.70 Å². The van der Waals surface area contributed by atoms with Crippen molar-refractivity contribution < 1.29 is 4.43 Å². The molecule has 0 spiro atoms. The van der Waals surface area contributed by atoms with E-state index in [-0.39, 0.29) is 0 Å². The van der Waals surface area contributed by atoms with Gasteiger partial charge < -0.3 is 4.43 Å². The van der Waals surface area contributed by atoms with Gasteiger partial charge in [-0.15, -0.1) is 18.9 Å². The highest BCUT2D eigenvalue weighted by Crippen LogP contribution is 2.04. The van der Waals surface area contributed by atoms with Gasteiger partial charge in [-0.2, -0.15) is 0 Å². The molecule has 0 aromatic rings. The molecule has 0 heterocycles. The fraction of sp³-hybridized carbons (Fsp3) is 0.500. The van der Waals surface area contributed by atoms with E-state index in [9.17, 15) is 0 Å². The molecule has 0 saturated heterocycles. The topological polar surface area (TPSA) is 9.23 Å². The van der Waals surface area contributed by atoms with Gasteiger partial charge in [-0.1, -0.05) is 5.70 Å². The van der Waals surface area contributed by atoms with E-state index in [0.717, 1.165) is 0 Å². The van der Waals surface area contributed by atoms with E-state index in [2.05, 4.69) is 25.6 Å². The summed E-state index contributed by atoms with van der Waals surface area (Å²) in [6.07, 6.45) is 5.76. The van der Waals surface area contributed by atoms with Crippen molar-refractivity contribution in [3.63, 3.8) is 0 Å². The largest absolute Gasteiger partial charge is 0.413 e. The van der Waals surface area contributed by atoms with Gasteiger partial charge in [-0.25, -0.2) is 0 Å². The van der Waals surface area contributed by atoms with Crippen molar-refractivity contribution in [2.45, 2.75) is 19.5 Å². The predicted molar refractivity (Wildman–Crippen MR) is 47.1 cm³/mol. The average Bonchev–Trinajstić information content (AvgIpc) is 1.89. The van der Waals surface area contributed by atoms with Crippen LogP contribution in [0, 0.1) is 12.3 Å². The molecule has 0 aromatic heterocycles. The second kappa shape index (κ2) is 4.32. The van der Waals surface area contributed by atoms with Gasteiger partial charge in [0.2, 0.25) is 8.32 Å². The minimum Gasteiger partial charge on any atom is -0.413 e. The first-order valence-electron chi connectivity index (χ1n) is 3.33. The summed E-state index contributed by atoms with van der Waals surface area (Å²) >= 11 is 0. The minimum absolute atomic E-state index is 0.668. The standard InChI is InChI=1S/C8H14OSi/c1-5-7-8-9-10(3,4)6-2/h1,6H,2,7-8H2,3-4H3. The molecule has 0 rings (SSSR count). The average molecular weight is 154 g/mol. The Bertz CT molecular complexity index is 144. The number of hydrogen-bond acceptors (Lipinski definition) is 1. The van der Waals surface area contributed by atoms with Gasteiger partial charge in [0, 0.05) is 13.0 Å². The van der Waals surface area contributed by atoms with Crippen molar-refractivity contribution in [3.05, 3.63) is 12.3 Å². The van der Waals surface area contributed by atoms with Crippen LogP contribution >= 0.6 is 0 Å². The quantitative estimate of drug-likeness (QED) is 0.342. The number of terminal acetylenes is 1.